The Balaban J connectivity index is 1.79. The molecule has 1 aliphatic heterocycles. The van der Waals surface area contributed by atoms with E-state index in [1.54, 1.807) is 6.20 Å². The van der Waals surface area contributed by atoms with Gasteiger partial charge in [-0.1, -0.05) is 32.0 Å². The molecule has 1 amide bonds. The maximum absolute atomic E-state index is 13.5. The molecule has 0 radical (unpaired) electrons. The van der Waals surface area contributed by atoms with E-state index in [1.807, 2.05) is 36.0 Å². The van der Waals surface area contributed by atoms with Crippen molar-refractivity contribution in [2.45, 2.75) is 26.3 Å². The molecular weight excluding hydrogens is 336 g/mol. The molecule has 0 spiro atoms. The molecule has 140 valence electrons. The summed E-state index contributed by atoms with van der Waals surface area (Å²) >= 11 is 0. The zero-order valence-electron chi connectivity index (χ0n) is 16.4. The largest absolute Gasteiger partial charge is 0.362 e. The summed E-state index contributed by atoms with van der Waals surface area (Å²) in [5, 5.41) is 1.28. The quantitative estimate of drug-likeness (QED) is 0.765. The molecule has 0 fully saturated rings. The number of hydrogen-bond acceptors (Lipinski definition) is 3. The molecule has 1 aliphatic rings. The van der Waals surface area contributed by atoms with E-state index in [-0.39, 0.29) is 11.9 Å². The molecule has 27 heavy (non-hydrogen) atoms. The van der Waals surface area contributed by atoms with Crippen LogP contribution in [0.4, 0.5) is 5.82 Å². The Morgan fingerprint density at radius 2 is 2.00 bits per heavy atom. The van der Waals surface area contributed by atoms with E-state index in [4.69, 9.17) is 0 Å². The van der Waals surface area contributed by atoms with Crippen LogP contribution in [0.2, 0.25) is 0 Å². The van der Waals surface area contributed by atoms with Gasteiger partial charge in [0.2, 0.25) is 0 Å². The van der Waals surface area contributed by atoms with Gasteiger partial charge in [0.25, 0.3) is 5.91 Å². The molecule has 1 aromatic carbocycles. The number of fused-ring (bicyclic) bond motifs is 3. The summed E-state index contributed by atoms with van der Waals surface area (Å²) in [6.45, 7) is 5.08. The molecule has 3 heterocycles. The average Bonchev–Trinajstić information content (AvgIpc) is 3.05. The summed E-state index contributed by atoms with van der Waals surface area (Å²) in [6.07, 6.45) is 2.60. The van der Waals surface area contributed by atoms with Gasteiger partial charge < -0.3 is 14.8 Å². The Morgan fingerprint density at radius 1 is 1.22 bits per heavy atom. The van der Waals surface area contributed by atoms with Gasteiger partial charge in [-0.2, -0.15) is 0 Å². The van der Waals surface area contributed by atoms with Crippen molar-refractivity contribution >= 4 is 22.6 Å². The van der Waals surface area contributed by atoms with E-state index in [0.717, 1.165) is 18.5 Å². The lowest BCUT2D eigenvalue weighted by Crippen LogP contribution is -2.42. The predicted molar refractivity (Wildman–Crippen MR) is 109 cm³/mol. The van der Waals surface area contributed by atoms with Gasteiger partial charge in [-0.25, -0.2) is 4.98 Å². The standard InChI is InChI=1S/C22H26N4O/c1-14(2)20-19-16(15-8-5-6-10-18(15)24-19)11-13-26(20)22(27)17-9-7-12-23-21(17)25(3)4/h5-10,12,14,20,24H,11,13H2,1-4H3/t20-/m1/s1. The number of benzene rings is 1. The van der Waals surface area contributed by atoms with Gasteiger partial charge in [0, 0.05) is 43.4 Å². The minimum absolute atomic E-state index is 0.0314. The van der Waals surface area contributed by atoms with Crippen LogP contribution < -0.4 is 4.90 Å². The number of anilines is 1. The first-order valence-electron chi connectivity index (χ1n) is 9.51. The van der Waals surface area contributed by atoms with Crippen LogP contribution in [0.3, 0.4) is 0 Å². The first kappa shape index (κ1) is 17.6. The molecule has 0 saturated heterocycles. The summed E-state index contributed by atoms with van der Waals surface area (Å²) in [5.41, 5.74) is 4.35. The molecule has 4 rings (SSSR count). The van der Waals surface area contributed by atoms with Crippen LogP contribution in [0.5, 0.6) is 0 Å². The Labute approximate surface area is 160 Å². The summed E-state index contributed by atoms with van der Waals surface area (Å²) in [5.74, 6) is 1.07. The van der Waals surface area contributed by atoms with Gasteiger partial charge in [0.1, 0.15) is 5.82 Å². The maximum atomic E-state index is 13.5. The monoisotopic (exact) mass is 362 g/mol. The molecule has 0 saturated carbocycles. The number of rotatable bonds is 3. The smallest absolute Gasteiger partial charge is 0.258 e. The molecule has 1 atom stereocenters. The summed E-state index contributed by atoms with van der Waals surface area (Å²) in [6, 6.07) is 12.2. The highest BCUT2D eigenvalue weighted by atomic mass is 16.2. The number of para-hydroxylation sites is 1. The van der Waals surface area contributed by atoms with E-state index in [0.29, 0.717) is 17.3 Å². The SMILES string of the molecule is CC(C)[C@@H]1c2[nH]c3ccccc3c2CCN1C(=O)c1cccnc1N(C)C. The average molecular weight is 362 g/mol. The Hall–Kier alpha value is -2.82. The third-order valence-electron chi connectivity index (χ3n) is 5.41. The van der Waals surface area contributed by atoms with Crippen LogP contribution in [-0.4, -0.2) is 41.4 Å². The fourth-order valence-corrected chi connectivity index (χ4v) is 4.27. The Bertz CT molecular complexity index is 989. The van der Waals surface area contributed by atoms with Gasteiger partial charge in [0.15, 0.2) is 0 Å². The number of aromatic nitrogens is 2. The van der Waals surface area contributed by atoms with Gasteiger partial charge in [0.05, 0.1) is 11.6 Å². The summed E-state index contributed by atoms with van der Waals surface area (Å²) < 4.78 is 0. The molecule has 3 aromatic rings. The number of nitrogens with one attached hydrogen (secondary N) is 1. The van der Waals surface area contributed by atoms with E-state index < -0.39 is 0 Å². The lowest BCUT2D eigenvalue weighted by atomic mass is 9.90. The minimum atomic E-state index is 0.0314. The zero-order valence-corrected chi connectivity index (χ0v) is 16.4. The highest BCUT2D eigenvalue weighted by Crippen LogP contribution is 2.39. The predicted octanol–water partition coefficient (Wildman–Crippen LogP) is 4.02. The number of H-pyrrole nitrogens is 1. The fraction of sp³-hybridized carbons (Fsp3) is 0.364. The first-order chi connectivity index (χ1) is 13.0. The third-order valence-corrected chi connectivity index (χ3v) is 5.41. The molecule has 0 bridgehead atoms. The molecule has 5 nitrogen and oxygen atoms in total. The van der Waals surface area contributed by atoms with Gasteiger partial charge in [-0.05, 0) is 36.1 Å². The van der Waals surface area contributed by atoms with E-state index >= 15 is 0 Å². The molecule has 2 aromatic heterocycles. The van der Waals surface area contributed by atoms with Crippen LogP contribution in [0.1, 0.15) is 41.5 Å². The number of nitrogens with zero attached hydrogens (tertiary/aromatic N) is 3. The normalized spacial score (nSPS) is 16.6. The van der Waals surface area contributed by atoms with Crippen molar-refractivity contribution in [3.8, 4) is 0 Å². The van der Waals surface area contributed by atoms with Crippen LogP contribution >= 0.6 is 0 Å². The highest BCUT2D eigenvalue weighted by Gasteiger charge is 2.36. The maximum Gasteiger partial charge on any atom is 0.258 e. The van der Waals surface area contributed by atoms with E-state index in [2.05, 4.69) is 48.1 Å². The molecule has 0 aliphatic carbocycles. The van der Waals surface area contributed by atoms with Crippen molar-refractivity contribution < 1.29 is 4.79 Å². The van der Waals surface area contributed by atoms with Crippen LogP contribution in [0, 0.1) is 5.92 Å². The third kappa shape index (κ3) is 2.87. The molecule has 5 heteroatoms. The van der Waals surface area contributed by atoms with Crippen LogP contribution in [0.25, 0.3) is 10.9 Å². The number of amides is 1. The highest BCUT2D eigenvalue weighted by molar-refractivity contribution is 5.99. The first-order valence-corrected chi connectivity index (χ1v) is 9.51. The number of carbonyl (C=O) groups excluding carboxylic acids is 1. The second-order valence-corrected chi connectivity index (χ2v) is 7.77. The second kappa shape index (κ2) is 6.72. The minimum Gasteiger partial charge on any atom is -0.362 e. The van der Waals surface area contributed by atoms with Crippen molar-refractivity contribution in [3.05, 3.63) is 59.4 Å². The van der Waals surface area contributed by atoms with Crippen molar-refractivity contribution in [2.24, 2.45) is 5.92 Å². The van der Waals surface area contributed by atoms with E-state index in [1.165, 1.54) is 16.6 Å². The van der Waals surface area contributed by atoms with Gasteiger partial charge >= 0.3 is 0 Å². The molecular formula is C22H26N4O. The number of hydrogen-bond donors (Lipinski definition) is 1. The topological polar surface area (TPSA) is 52.2 Å². The summed E-state index contributed by atoms with van der Waals surface area (Å²) in [7, 11) is 3.84. The summed E-state index contributed by atoms with van der Waals surface area (Å²) in [4.78, 5) is 25.4. The Kier molecular flexibility index (Phi) is 4.38. The number of pyridine rings is 1. The fourth-order valence-electron chi connectivity index (χ4n) is 4.27. The molecule has 1 N–H and O–H groups in total. The number of aromatic amines is 1. The van der Waals surface area contributed by atoms with Crippen LogP contribution in [-0.2, 0) is 6.42 Å². The van der Waals surface area contributed by atoms with Gasteiger partial charge in [-0.15, -0.1) is 0 Å². The van der Waals surface area contributed by atoms with Crippen LogP contribution in [0.15, 0.2) is 42.6 Å². The lowest BCUT2D eigenvalue weighted by molar-refractivity contribution is 0.0599. The van der Waals surface area contributed by atoms with Gasteiger partial charge in [-0.3, -0.25) is 4.79 Å². The van der Waals surface area contributed by atoms with E-state index in [9.17, 15) is 4.79 Å². The molecule has 0 unspecified atom stereocenters. The number of carbonyl (C=O) groups is 1. The van der Waals surface area contributed by atoms with Crippen molar-refractivity contribution in [2.75, 3.05) is 25.5 Å². The van der Waals surface area contributed by atoms with Crippen molar-refractivity contribution in [1.82, 2.24) is 14.9 Å². The Morgan fingerprint density at radius 3 is 2.74 bits per heavy atom. The lowest BCUT2D eigenvalue weighted by Gasteiger charge is -2.38. The zero-order chi connectivity index (χ0) is 19.1. The van der Waals surface area contributed by atoms with Crippen molar-refractivity contribution in [3.63, 3.8) is 0 Å². The van der Waals surface area contributed by atoms with Crippen molar-refractivity contribution in [1.29, 1.82) is 0 Å². The second-order valence-electron chi connectivity index (χ2n) is 7.77.